The van der Waals surface area contributed by atoms with Crippen LogP contribution in [0.2, 0.25) is 5.02 Å². The average molecular weight is 216 g/mol. The maximum Gasteiger partial charge on any atom is 0.125 e. The molecule has 0 saturated heterocycles. The van der Waals surface area contributed by atoms with E-state index < -0.39 is 0 Å². The van der Waals surface area contributed by atoms with Crippen molar-refractivity contribution >= 4 is 17.3 Å². The molecule has 0 aliphatic heterocycles. The highest BCUT2D eigenvalue weighted by Crippen LogP contribution is 2.23. The number of halogens is 2. The molecule has 14 heavy (non-hydrogen) atoms. The Labute approximate surface area is 89.3 Å². The van der Waals surface area contributed by atoms with Gasteiger partial charge >= 0.3 is 0 Å². The van der Waals surface area contributed by atoms with Crippen molar-refractivity contribution in [2.24, 2.45) is 0 Å². The second-order valence-corrected chi connectivity index (χ2v) is 3.87. The maximum atomic E-state index is 12.9. The molecule has 0 fully saturated rings. The average Bonchev–Trinajstić information content (AvgIpc) is 2.12. The second kappa shape index (κ2) is 5.20. The molecule has 0 aliphatic rings. The molecule has 1 rings (SSSR count). The van der Waals surface area contributed by atoms with Crippen LogP contribution in [0.4, 0.5) is 10.1 Å². The van der Waals surface area contributed by atoms with Crippen LogP contribution in [-0.2, 0) is 0 Å². The number of rotatable bonds is 4. The van der Waals surface area contributed by atoms with Crippen LogP contribution < -0.4 is 5.32 Å². The van der Waals surface area contributed by atoms with Gasteiger partial charge in [-0.1, -0.05) is 24.9 Å². The van der Waals surface area contributed by atoms with Gasteiger partial charge in [0.1, 0.15) is 5.82 Å². The van der Waals surface area contributed by atoms with E-state index in [-0.39, 0.29) is 5.82 Å². The fraction of sp³-hybridized carbons (Fsp3) is 0.455. The smallest absolute Gasteiger partial charge is 0.125 e. The highest BCUT2D eigenvalue weighted by atomic mass is 35.5. The van der Waals surface area contributed by atoms with Crippen molar-refractivity contribution in [3.63, 3.8) is 0 Å². The van der Waals surface area contributed by atoms with Crippen molar-refractivity contribution in [2.75, 3.05) is 5.32 Å². The van der Waals surface area contributed by atoms with Crippen LogP contribution >= 0.6 is 11.6 Å². The summed E-state index contributed by atoms with van der Waals surface area (Å²) in [5, 5.41) is 3.74. The summed E-state index contributed by atoms with van der Waals surface area (Å²) in [6, 6.07) is 4.67. The van der Waals surface area contributed by atoms with Gasteiger partial charge in [0.25, 0.3) is 0 Å². The SMILES string of the molecule is CCCC(C)Nc1cc(F)ccc1Cl. The van der Waals surface area contributed by atoms with Gasteiger partial charge in [-0.05, 0) is 31.5 Å². The monoisotopic (exact) mass is 215 g/mol. The Hall–Kier alpha value is -0.760. The van der Waals surface area contributed by atoms with E-state index in [0.717, 1.165) is 12.8 Å². The Balaban J connectivity index is 2.70. The molecule has 1 unspecified atom stereocenters. The lowest BCUT2D eigenvalue weighted by Gasteiger charge is -2.15. The highest BCUT2D eigenvalue weighted by molar-refractivity contribution is 6.33. The van der Waals surface area contributed by atoms with Gasteiger partial charge in [0.05, 0.1) is 10.7 Å². The topological polar surface area (TPSA) is 12.0 Å². The van der Waals surface area contributed by atoms with E-state index in [9.17, 15) is 4.39 Å². The number of hydrogen-bond donors (Lipinski definition) is 1. The van der Waals surface area contributed by atoms with Crippen molar-refractivity contribution in [1.82, 2.24) is 0 Å². The third-order valence-electron chi connectivity index (χ3n) is 2.05. The van der Waals surface area contributed by atoms with Gasteiger partial charge in [0, 0.05) is 6.04 Å². The zero-order valence-corrected chi connectivity index (χ0v) is 9.24. The van der Waals surface area contributed by atoms with Crippen molar-refractivity contribution in [2.45, 2.75) is 32.7 Å². The Morgan fingerprint density at radius 2 is 2.21 bits per heavy atom. The summed E-state index contributed by atoms with van der Waals surface area (Å²) < 4.78 is 12.9. The van der Waals surface area contributed by atoms with Crippen LogP contribution in [0.25, 0.3) is 0 Å². The van der Waals surface area contributed by atoms with Gasteiger partial charge in [-0.15, -0.1) is 0 Å². The van der Waals surface area contributed by atoms with E-state index in [1.807, 2.05) is 0 Å². The van der Waals surface area contributed by atoms with Gasteiger partial charge in [0.15, 0.2) is 0 Å². The zero-order valence-electron chi connectivity index (χ0n) is 8.48. The van der Waals surface area contributed by atoms with Gasteiger partial charge in [-0.2, -0.15) is 0 Å². The first-order valence-electron chi connectivity index (χ1n) is 4.85. The largest absolute Gasteiger partial charge is 0.381 e. The fourth-order valence-corrected chi connectivity index (χ4v) is 1.55. The van der Waals surface area contributed by atoms with E-state index in [1.165, 1.54) is 12.1 Å². The third kappa shape index (κ3) is 3.18. The molecule has 1 nitrogen and oxygen atoms in total. The lowest BCUT2D eigenvalue weighted by molar-refractivity contribution is 0.627. The molecule has 0 amide bonds. The number of hydrogen-bond acceptors (Lipinski definition) is 1. The standard InChI is InChI=1S/C11H15ClFN/c1-3-4-8(2)14-11-7-9(13)5-6-10(11)12/h5-8,14H,3-4H2,1-2H3. The second-order valence-electron chi connectivity index (χ2n) is 3.46. The summed E-state index contributed by atoms with van der Waals surface area (Å²) in [6.07, 6.45) is 2.15. The van der Waals surface area contributed by atoms with Crippen LogP contribution in [0, 0.1) is 5.82 Å². The molecule has 1 aromatic carbocycles. The summed E-state index contributed by atoms with van der Waals surface area (Å²) in [5.41, 5.74) is 0.674. The normalized spacial score (nSPS) is 12.6. The van der Waals surface area contributed by atoms with E-state index in [2.05, 4.69) is 19.2 Å². The predicted molar refractivity (Wildman–Crippen MR) is 59.4 cm³/mol. The van der Waals surface area contributed by atoms with Gasteiger partial charge in [-0.3, -0.25) is 0 Å². The summed E-state index contributed by atoms with van der Waals surface area (Å²) >= 11 is 5.91. The first kappa shape index (κ1) is 11.3. The van der Waals surface area contributed by atoms with Gasteiger partial charge in [-0.25, -0.2) is 4.39 Å². The number of nitrogens with one attached hydrogen (secondary N) is 1. The molecule has 0 saturated carbocycles. The minimum atomic E-state index is -0.263. The fourth-order valence-electron chi connectivity index (χ4n) is 1.38. The molecule has 0 radical (unpaired) electrons. The molecule has 1 atom stereocenters. The lowest BCUT2D eigenvalue weighted by atomic mass is 10.2. The Morgan fingerprint density at radius 3 is 2.86 bits per heavy atom. The highest BCUT2D eigenvalue weighted by Gasteiger charge is 2.05. The molecule has 1 N–H and O–H groups in total. The van der Waals surface area contributed by atoms with Crippen molar-refractivity contribution in [1.29, 1.82) is 0 Å². The molecule has 0 aromatic heterocycles. The molecular weight excluding hydrogens is 201 g/mol. The predicted octanol–water partition coefficient (Wildman–Crippen LogP) is 4.08. The van der Waals surface area contributed by atoms with Crippen LogP contribution in [0.15, 0.2) is 18.2 Å². The van der Waals surface area contributed by atoms with E-state index >= 15 is 0 Å². The molecule has 0 aliphatic carbocycles. The van der Waals surface area contributed by atoms with Gasteiger partial charge in [0.2, 0.25) is 0 Å². The Kier molecular flexibility index (Phi) is 4.21. The molecule has 0 heterocycles. The Morgan fingerprint density at radius 1 is 1.50 bits per heavy atom. The first-order valence-corrected chi connectivity index (χ1v) is 5.23. The molecule has 1 aromatic rings. The minimum absolute atomic E-state index is 0.263. The maximum absolute atomic E-state index is 12.9. The van der Waals surface area contributed by atoms with Crippen LogP contribution in [0.3, 0.4) is 0 Å². The number of anilines is 1. The van der Waals surface area contributed by atoms with Gasteiger partial charge < -0.3 is 5.32 Å². The van der Waals surface area contributed by atoms with Crippen LogP contribution in [-0.4, -0.2) is 6.04 Å². The van der Waals surface area contributed by atoms with E-state index in [4.69, 9.17) is 11.6 Å². The summed E-state index contributed by atoms with van der Waals surface area (Å²) in [7, 11) is 0. The summed E-state index contributed by atoms with van der Waals surface area (Å²) in [4.78, 5) is 0. The van der Waals surface area contributed by atoms with Crippen LogP contribution in [0.5, 0.6) is 0 Å². The molecule has 0 spiro atoms. The van der Waals surface area contributed by atoms with Crippen molar-refractivity contribution in [3.8, 4) is 0 Å². The summed E-state index contributed by atoms with van der Waals surface area (Å²) in [6.45, 7) is 4.18. The molecule has 3 heteroatoms. The van der Waals surface area contributed by atoms with Crippen molar-refractivity contribution in [3.05, 3.63) is 29.0 Å². The third-order valence-corrected chi connectivity index (χ3v) is 2.38. The summed E-state index contributed by atoms with van der Waals surface area (Å²) in [5.74, 6) is -0.263. The first-order chi connectivity index (χ1) is 6.63. The quantitative estimate of drug-likeness (QED) is 0.798. The lowest BCUT2D eigenvalue weighted by Crippen LogP contribution is -2.14. The Bertz CT molecular complexity index is 301. The zero-order chi connectivity index (χ0) is 10.6. The van der Waals surface area contributed by atoms with Crippen molar-refractivity contribution < 1.29 is 4.39 Å². The minimum Gasteiger partial charge on any atom is -0.381 e. The molecule has 0 bridgehead atoms. The molecule has 78 valence electrons. The van der Waals surface area contributed by atoms with Crippen LogP contribution in [0.1, 0.15) is 26.7 Å². The number of benzene rings is 1. The van der Waals surface area contributed by atoms with E-state index in [0.29, 0.717) is 16.8 Å². The molecular formula is C11H15ClFN. The van der Waals surface area contributed by atoms with E-state index in [1.54, 1.807) is 6.07 Å².